The van der Waals surface area contributed by atoms with Crippen molar-refractivity contribution in [2.45, 2.75) is 50.2 Å². The van der Waals surface area contributed by atoms with E-state index in [2.05, 4.69) is 20.6 Å². The quantitative estimate of drug-likeness (QED) is 0.573. The Hall–Kier alpha value is -2.19. The summed E-state index contributed by atoms with van der Waals surface area (Å²) in [5.41, 5.74) is 7.51. The van der Waals surface area contributed by atoms with Gasteiger partial charge < -0.3 is 21.5 Å². The number of nitrogens with two attached hydrogens (primary N) is 1. The van der Waals surface area contributed by atoms with Crippen LogP contribution in [0.2, 0.25) is 5.28 Å². The highest BCUT2D eigenvalue weighted by molar-refractivity contribution is 6.28. The molecule has 1 heterocycles. The Morgan fingerprint density at radius 1 is 1.11 bits per heavy atom. The molecule has 2 unspecified atom stereocenters. The molecular formula is C18H20ClF2N5O. The number of aliphatic hydroxyl groups excluding tert-OH is 1. The van der Waals surface area contributed by atoms with Gasteiger partial charge in [-0.3, -0.25) is 0 Å². The van der Waals surface area contributed by atoms with Gasteiger partial charge in [0.15, 0.2) is 23.3 Å². The number of benzene rings is 1. The van der Waals surface area contributed by atoms with Gasteiger partial charge in [0, 0.05) is 17.8 Å². The fourth-order valence-electron chi connectivity index (χ4n) is 3.50. The number of hydrogen-bond donors (Lipinski definition) is 4. The molecule has 6 nitrogen and oxygen atoms in total. The van der Waals surface area contributed by atoms with E-state index in [1.165, 1.54) is 6.07 Å². The number of nitrogens with one attached hydrogen (secondary N) is 2. The standard InChI is InChI=1S/C18H20ClF2N5O/c19-18-25-16(22)15(17(26-18)23-9-3-4-10(27)5-9)24-14-7-13(21)12(20)6-11(14)8-1-2-8/h6-10,24,27H,1-5H2,(H3,22,23,25,26). The smallest absolute Gasteiger partial charge is 0.226 e. The third-order valence-corrected chi connectivity index (χ3v) is 5.19. The SMILES string of the molecule is Nc1nc(Cl)nc(NC2CCC(O)C2)c1Nc1cc(F)c(F)cc1C1CC1. The minimum atomic E-state index is -0.941. The Balaban J connectivity index is 1.68. The average Bonchev–Trinajstić information content (AvgIpc) is 3.36. The van der Waals surface area contributed by atoms with E-state index in [0.717, 1.165) is 25.3 Å². The van der Waals surface area contributed by atoms with E-state index in [1.807, 2.05) is 0 Å². The summed E-state index contributed by atoms with van der Waals surface area (Å²) >= 11 is 5.95. The van der Waals surface area contributed by atoms with E-state index in [1.54, 1.807) is 0 Å². The van der Waals surface area contributed by atoms with E-state index in [4.69, 9.17) is 17.3 Å². The second kappa shape index (κ2) is 7.09. The highest BCUT2D eigenvalue weighted by Crippen LogP contribution is 2.45. The van der Waals surface area contributed by atoms with Crippen LogP contribution in [-0.2, 0) is 0 Å². The van der Waals surface area contributed by atoms with Gasteiger partial charge in [-0.05, 0) is 61.3 Å². The van der Waals surface area contributed by atoms with Crippen LogP contribution in [0.1, 0.15) is 43.6 Å². The zero-order valence-electron chi connectivity index (χ0n) is 14.5. The second-order valence-corrected chi connectivity index (χ2v) is 7.50. The lowest BCUT2D eigenvalue weighted by Crippen LogP contribution is -2.19. The van der Waals surface area contributed by atoms with Gasteiger partial charge in [0.2, 0.25) is 5.28 Å². The van der Waals surface area contributed by atoms with E-state index in [9.17, 15) is 13.9 Å². The molecule has 0 aliphatic heterocycles. The Bertz CT molecular complexity index is 877. The topological polar surface area (TPSA) is 96.1 Å². The summed E-state index contributed by atoms with van der Waals surface area (Å²) in [6.07, 6.45) is 3.56. The molecule has 5 N–H and O–H groups in total. The first-order chi connectivity index (χ1) is 12.9. The van der Waals surface area contributed by atoms with E-state index < -0.39 is 11.6 Å². The summed E-state index contributed by atoms with van der Waals surface area (Å²) in [6, 6.07) is 2.36. The number of hydrogen-bond acceptors (Lipinski definition) is 6. The summed E-state index contributed by atoms with van der Waals surface area (Å²) < 4.78 is 27.5. The maximum absolute atomic E-state index is 13.8. The van der Waals surface area contributed by atoms with Crippen LogP contribution in [-0.4, -0.2) is 27.2 Å². The Morgan fingerprint density at radius 3 is 2.52 bits per heavy atom. The number of nitrogen functional groups attached to an aromatic ring is 1. The van der Waals surface area contributed by atoms with Crippen LogP contribution in [0.3, 0.4) is 0 Å². The van der Waals surface area contributed by atoms with Crippen LogP contribution in [0.25, 0.3) is 0 Å². The minimum absolute atomic E-state index is 0.0128. The van der Waals surface area contributed by atoms with Gasteiger partial charge in [-0.15, -0.1) is 0 Å². The van der Waals surface area contributed by atoms with Crippen LogP contribution in [0.4, 0.5) is 31.8 Å². The van der Waals surface area contributed by atoms with Crippen molar-refractivity contribution in [1.29, 1.82) is 0 Å². The molecular weight excluding hydrogens is 376 g/mol. The molecule has 2 aliphatic rings. The van der Waals surface area contributed by atoms with Crippen molar-refractivity contribution < 1.29 is 13.9 Å². The predicted octanol–water partition coefficient (Wildman–Crippen LogP) is 3.94. The summed E-state index contributed by atoms with van der Waals surface area (Å²) in [6.45, 7) is 0. The van der Waals surface area contributed by atoms with Crippen molar-refractivity contribution in [1.82, 2.24) is 9.97 Å². The first kappa shape index (κ1) is 18.2. The van der Waals surface area contributed by atoms with Crippen LogP contribution < -0.4 is 16.4 Å². The number of anilines is 4. The van der Waals surface area contributed by atoms with E-state index in [0.29, 0.717) is 35.6 Å². The normalized spacial score (nSPS) is 22.1. The molecule has 2 aliphatic carbocycles. The maximum atomic E-state index is 13.8. The van der Waals surface area contributed by atoms with Crippen molar-refractivity contribution in [3.05, 3.63) is 34.6 Å². The molecule has 2 saturated carbocycles. The zero-order chi connectivity index (χ0) is 19.1. The van der Waals surface area contributed by atoms with Gasteiger partial charge in [-0.25, -0.2) is 8.78 Å². The predicted molar refractivity (Wildman–Crippen MR) is 100 cm³/mol. The van der Waals surface area contributed by atoms with Crippen molar-refractivity contribution in [3.8, 4) is 0 Å². The van der Waals surface area contributed by atoms with E-state index in [-0.39, 0.29) is 29.2 Å². The van der Waals surface area contributed by atoms with Gasteiger partial charge in [-0.2, -0.15) is 9.97 Å². The van der Waals surface area contributed by atoms with Crippen LogP contribution in [0, 0.1) is 11.6 Å². The number of rotatable bonds is 5. The van der Waals surface area contributed by atoms with Gasteiger partial charge >= 0.3 is 0 Å². The zero-order valence-corrected chi connectivity index (χ0v) is 15.2. The van der Waals surface area contributed by atoms with Gasteiger partial charge in [-0.1, -0.05) is 0 Å². The molecule has 2 atom stereocenters. The molecule has 144 valence electrons. The second-order valence-electron chi connectivity index (χ2n) is 7.16. The first-order valence-electron chi connectivity index (χ1n) is 8.94. The molecule has 0 amide bonds. The summed E-state index contributed by atoms with van der Waals surface area (Å²) in [4.78, 5) is 8.16. The summed E-state index contributed by atoms with van der Waals surface area (Å²) in [5, 5.41) is 16.0. The Labute approximate surface area is 160 Å². The monoisotopic (exact) mass is 395 g/mol. The summed E-state index contributed by atoms with van der Waals surface area (Å²) in [5.74, 6) is -1.15. The number of aromatic nitrogens is 2. The Kier molecular flexibility index (Phi) is 4.77. The highest BCUT2D eigenvalue weighted by Gasteiger charge is 2.29. The Morgan fingerprint density at radius 2 is 1.85 bits per heavy atom. The van der Waals surface area contributed by atoms with Crippen molar-refractivity contribution >= 4 is 34.6 Å². The molecule has 0 saturated heterocycles. The molecule has 0 radical (unpaired) electrons. The maximum Gasteiger partial charge on any atom is 0.226 e. The molecule has 9 heteroatoms. The van der Waals surface area contributed by atoms with Gasteiger partial charge in [0.05, 0.1) is 6.10 Å². The van der Waals surface area contributed by atoms with Crippen LogP contribution >= 0.6 is 11.6 Å². The van der Waals surface area contributed by atoms with Gasteiger partial charge in [0.1, 0.15) is 5.69 Å². The lowest BCUT2D eigenvalue weighted by atomic mass is 10.1. The summed E-state index contributed by atoms with van der Waals surface area (Å²) in [7, 11) is 0. The van der Waals surface area contributed by atoms with Crippen molar-refractivity contribution in [3.63, 3.8) is 0 Å². The molecule has 27 heavy (non-hydrogen) atoms. The number of nitrogens with zero attached hydrogens (tertiary/aromatic N) is 2. The molecule has 4 rings (SSSR count). The van der Waals surface area contributed by atoms with Gasteiger partial charge in [0.25, 0.3) is 0 Å². The van der Waals surface area contributed by atoms with Crippen LogP contribution in [0.15, 0.2) is 12.1 Å². The van der Waals surface area contributed by atoms with Crippen molar-refractivity contribution in [2.75, 3.05) is 16.4 Å². The number of aliphatic hydroxyl groups is 1. The third kappa shape index (κ3) is 3.91. The molecule has 0 spiro atoms. The number of halogens is 3. The average molecular weight is 396 g/mol. The molecule has 1 aromatic carbocycles. The lowest BCUT2D eigenvalue weighted by Gasteiger charge is -2.20. The highest BCUT2D eigenvalue weighted by atomic mass is 35.5. The molecule has 2 aromatic rings. The van der Waals surface area contributed by atoms with Crippen LogP contribution in [0.5, 0.6) is 0 Å². The minimum Gasteiger partial charge on any atom is -0.393 e. The molecule has 2 fully saturated rings. The lowest BCUT2D eigenvalue weighted by molar-refractivity contribution is 0.182. The third-order valence-electron chi connectivity index (χ3n) is 5.02. The molecule has 1 aromatic heterocycles. The van der Waals surface area contributed by atoms with Crippen molar-refractivity contribution in [2.24, 2.45) is 0 Å². The fraction of sp³-hybridized carbons (Fsp3) is 0.444. The first-order valence-corrected chi connectivity index (χ1v) is 9.32. The fourth-order valence-corrected chi connectivity index (χ4v) is 3.67. The van der Waals surface area contributed by atoms with E-state index >= 15 is 0 Å². The largest absolute Gasteiger partial charge is 0.393 e. The molecule has 0 bridgehead atoms.